The normalized spacial score (nSPS) is 24.5. The van der Waals surface area contributed by atoms with Crippen LogP contribution in [0.5, 0.6) is 0 Å². The third-order valence-electron chi connectivity index (χ3n) is 5.85. The number of fused-ring (bicyclic) bond motifs is 1. The number of nitrogens with one attached hydrogen (secondary N) is 1. The number of nitrogens with zero attached hydrogens (tertiary/aromatic N) is 2. The second-order valence-electron chi connectivity index (χ2n) is 8.55. The second kappa shape index (κ2) is 5.91. The summed E-state index contributed by atoms with van der Waals surface area (Å²) in [7, 11) is 0. The van der Waals surface area contributed by atoms with Crippen molar-refractivity contribution in [3.05, 3.63) is 34.9 Å². The van der Waals surface area contributed by atoms with Crippen LogP contribution in [0.25, 0.3) is 0 Å². The Balaban J connectivity index is 1.56. The van der Waals surface area contributed by atoms with Crippen LogP contribution in [0.4, 0.5) is 0 Å². The van der Waals surface area contributed by atoms with Crippen LogP contribution in [0.3, 0.4) is 0 Å². The van der Waals surface area contributed by atoms with E-state index in [1.165, 1.54) is 0 Å². The van der Waals surface area contributed by atoms with Gasteiger partial charge in [0.1, 0.15) is 6.04 Å². The number of hydrogen-bond acceptors (Lipinski definition) is 4. The molecule has 1 aromatic rings. The van der Waals surface area contributed by atoms with E-state index in [2.05, 4.69) is 37.1 Å². The van der Waals surface area contributed by atoms with Crippen LogP contribution in [0.1, 0.15) is 61.0 Å². The zero-order valence-electron chi connectivity index (χ0n) is 15.5. The van der Waals surface area contributed by atoms with E-state index >= 15 is 0 Å². The van der Waals surface area contributed by atoms with Crippen molar-refractivity contribution < 1.29 is 14.4 Å². The minimum Gasteiger partial charge on any atom is -0.322 e. The largest absolute Gasteiger partial charge is 0.322 e. The number of amides is 3. The van der Waals surface area contributed by atoms with E-state index in [4.69, 9.17) is 0 Å². The molecule has 0 saturated carbocycles. The van der Waals surface area contributed by atoms with Gasteiger partial charge in [0.15, 0.2) is 0 Å². The summed E-state index contributed by atoms with van der Waals surface area (Å²) >= 11 is 0. The molecule has 138 valence electrons. The molecule has 2 fully saturated rings. The smallest absolute Gasteiger partial charge is 0.255 e. The predicted octanol–water partition coefficient (Wildman–Crippen LogP) is 1.65. The molecule has 26 heavy (non-hydrogen) atoms. The topological polar surface area (TPSA) is 69.7 Å². The number of carbonyl (C=O) groups excluding carboxylic acids is 3. The van der Waals surface area contributed by atoms with Crippen molar-refractivity contribution in [1.29, 1.82) is 0 Å². The van der Waals surface area contributed by atoms with Gasteiger partial charge in [-0.3, -0.25) is 24.6 Å². The first-order chi connectivity index (χ1) is 12.3. The first kappa shape index (κ1) is 17.2. The van der Waals surface area contributed by atoms with Crippen molar-refractivity contribution in [2.24, 2.45) is 0 Å². The molecular formula is C20H25N3O3. The van der Waals surface area contributed by atoms with Gasteiger partial charge in [-0.15, -0.1) is 0 Å². The van der Waals surface area contributed by atoms with Gasteiger partial charge in [0, 0.05) is 43.1 Å². The maximum absolute atomic E-state index is 13.1. The summed E-state index contributed by atoms with van der Waals surface area (Å²) < 4.78 is 0. The van der Waals surface area contributed by atoms with Gasteiger partial charge in [-0.2, -0.15) is 0 Å². The van der Waals surface area contributed by atoms with Crippen LogP contribution in [0.2, 0.25) is 0 Å². The van der Waals surface area contributed by atoms with Crippen molar-refractivity contribution in [2.75, 3.05) is 13.1 Å². The molecule has 3 aliphatic heterocycles. The van der Waals surface area contributed by atoms with E-state index in [1.807, 2.05) is 12.1 Å². The molecule has 1 N–H and O–H groups in total. The van der Waals surface area contributed by atoms with E-state index in [1.54, 1.807) is 4.90 Å². The van der Waals surface area contributed by atoms with Gasteiger partial charge in [0.25, 0.3) is 5.91 Å². The summed E-state index contributed by atoms with van der Waals surface area (Å²) in [6, 6.07) is 5.49. The zero-order valence-corrected chi connectivity index (χ0v) is 15.5. The molecule has 4 rings (SSSR count). The van der Waals surface area contributed by atoms with Crippen molar-refractivity contribution >= 4 is 17.7 Å². The summed E-state index contributed by atoms with van der Waals surface area (Å²) in [5, 5.41) is 2.36. The molecule has 0 spiro atoms. The first-order valence-electron chi connectivity index (χ1n) is 9.27. The molecule has 3 heterocycles. The average Bonchev–Trinajstić information content (AvgIpc) is 2.82. The van der Waals surface area contributed by atoms with Gasteiger partial charge >= 0.3 is 0 Å². The molecule has 1 unspecified atom stereocenters. The van der Waals surface area contributed by atoms with Gasteiger partial charge < -0.3 is 4.90 Å². The van der Waals surface area contributed by atoms with Crippen LogP contribution in [0, 0.1) is 0 Å². The highest BCUT2D eigenvalue weighted by atomic mass is 16.2. The number of rotatable bonds is 2. The van der Waals surface area contributed by atoms with Crippen LogP contribution < -0.4 is 5.32 Å². The van der Waals surface area contributed by atoms with Crippen molar-refractivity contribution in [3.8, 4) is 0 Å². The molecule has 0 bridgehead atoms. The van der Waals surface area contributed by atoms with Gasteiger partial charge in [0.2, 0.25) is 11.8 Å². The molecule has 0 aliphatic carbocycles. The minimum absolute atomic E-state index is 0.0701. The lowest BCUT2D eigenvalue weighted by atomic mass is 9.84. The maximum atomic E-state index is 13.1. The summed E-state index contributed by atoms with van der Waals surface area (Å²) in [6.07, 6.45) is 0.688. The van der Waals surface area contributed by atoms with E-state index in [0.29, 0.717) is 18.9 Å². The van der Waals surface area contributed by atoms with Crippen LogP contribution in [-0.2, 0) is 16.1 Å². The molecule has 1 atom stereocenters. The zero-order chi connectivity index (χ0) is 18.6. The standard InChI is InChI=1S/C20H25N3O3/c1-20(2,3)22-9-13(10-22)14-6-4-5-12-11-23(19(26)17(12)14)15-7-8-16(24)21-18(15)25/h4-6,13,15H,7-11H2,1-3H3,(H,21,24,25). The predicted molar refractivity (Wildman–Crippen MR) is 96.6 cm³/mol. The summed E-state index contributed by atoms with van der Waals surface area (Å²) in [5.74, 6) is -0.325. The molecule has 3 amide bonds. The fourth-order valence-electron chi connectivity index (χ4n) is 4.21. The van der Waals surface area contributed by atoms with Gasteiger partial charge in [-0.05, 0) is 38.3 Å². The molecule has 6 heteroatoms. The van der Waals surface area contributed by atoms with Crippen molar-refractivity contribution in [1.82, 2.24) is 15.1 Å². The molecular weight excluding hydrogens is 330 g/mol. The fraction of sp³-hybridized carbons (Fsp3) is 0.550. The van der Waals surface area contributed by atoms with Gasteiger partial charge in [-0.25, -0.2) is 0 Å². The third kappa shape index (κ3) is 2.72. The number of imide groups is 1. The number of carbonyl (C=O) groups is 3. The lowest BCUT2D eigenvalue weighted by molar-refractivity contribution is -0.136. The molecule has 0 aromatic heterocycles. The highest BCUT2D eigenvalue weighted by Crippen LogP contribution is 2.38. The third-order valence-corrected chi connectivity index (χ3v) is 5.85. The fourth-order valence-corrected chi connectivity index (χ4v) is 4.21. The number of benzene rings is 1. The Morgan fingerprint density at radius 1 is 1.12 bits per heavy atom. The number of piperidine rings is 1. The van der Waals surface area contributed by atoms with E-state index in [9.17, 15) is 14.4 Å². The van der Waals surface area contributed by atoms with Crippen LogP contribution in [0.15, 0.2) is 18.2 Å². The maximum Gasteiger partial charge on any atom is 0.255 e. The average molecular weight is 355 g/mol. The highest BCUT2D eigenvalue weighted by molar-refractivity contribution is 6.06. The Bertz CT molecular complexity index is 790. The Kier molecular flexibility index (Phi) is 3.91. The lowest BCUT2D eigenvalue weighted by Crippen LogP contribution is -2.55. The van der Waals surface area contributed by atoms with Crippen molar-refractivity contribution in [2.45, 2.75) is 57.7 Å². The summed E-state index contributed by atoms with van der Waals surface area (Å²) in [5.41, 5.74) is 3.00. The van der Waals surface area contributed by atoms with E-state index in [-0.39, 0.29) is 29.7 Å². The first-order valence-corrected chi connectivity index (χ1v) is 9.27. The minimum atomic E-state index is -0.548. The molecule has 0 radical (unpaired) electrons. The van der Waals surface area contributed by atoms with Gasteiger partial charge in [-0.1, -0.05) is 18.2 Å². The Morgan fingerprint density at radius 2 is 1.85 bits per heavy atom. The Labute approximate surface area is 153 Å². The van der Waals surface area contributed by atoms with Crippen LogP contribution in [-0.4, -0.2) is 52.2 Å². The Hall–Kier alpha value is -2.21. The molecule has 2 saturated heterocycles. The Morgan fingerprint density at radius 3 is 2.50 bits per heavy atom. The monoisotopic (exact) mass is 355 g/mol. The SMILES string of the molecule is CC(C)(C)N1CC(c2cccc3c2C(=O)N(C2CCC(=O)NC2=O)C3)C1. The molecule has 1 aromatic carbocycles. The van der Waals surface area contributed by atoms with Gasteiger partial charge in [0.05, 0.1) is 0 Å². The van der Waals surface area contributed by atoms with Crippen LogP contribution >= 0.6 is 0 Å². The van der Waals surface area contributed by atoms with E-state index < -0.39 is 6.04 Å². The summed E-state index contributed by atoms with van der Waals surface area (Å²) in [6.45, 7) is 8.96. The number of hydrogen-bond donors (Lipinski definition) is 1. The number of likely N-dealkylation sites (tertiary alicyclic amines) is 1. The molecule has 6 nitrogen and oxygen atoms in total. The highest BCUT2D eigenvalue weighted by Gasteiger charge is 2.43. The molecule has 3 aliphatic rings. The quantitative estimate of drug-likeness (QED) is 0.819. The summed E-state index contributed by atoms with van der Waals surface area (Å²) in [4.78, 5) is 40.8. The lowest BCUT2D eigenvalue weighted by Gasteiger charge is -2.48. The second-order valence-corrected chi connectivity index (χ2v) is 8.55. The van der Waals surface area contributed by atoms with E-state index in [0.717, 1.165) is 29.8 Å². The van der Waals surface area contributed by atoms with Crippen molar-refractivity contribution in [3.63, 3.8) is 0 Å².